The van der Waals surface area contributed by atoms with Gasteiger partial charge in [0.15, 0.2) is 0 Å². The number of benzene rings is 2. The molecule has 5 rings (SSSR count). The number of amides is 2. The average Bonchev–Trinajstić information content (AvgIpc) is 2.91. The van der Waals surface area contributed by atoms with Crippen molar-refractivity contribution in [1.29, 1.82) is 0 Å². The number of rotatable bonds is 4. The van der Waals surface area contributed by atoms with Gasteiger partial charge in [-0.05, 0) is 23.3 Å². The molecule has 2 amide bonds. The van der Waals surface area contributed by atoms with Crippen LogP contribution < -0.4 is 10.9 Å². The van der Waals surface area contributed by atoms with Crippen LogP contribution in [0.5, 0.6) is 0 Å². The third-order valence-corrected chi connectivity index (χ3v) is 7.76. The van der Waals surface area contributed by atoms with E-state index in [2.05, 4.69) is 36.3 Å². The molecule has 0 spiro atoms. The SMILES string of the molecule is CC1(C)CN(C(=O)N2CCNC[C@H]2c2ccccc2)CCC1Cn1cnc(-c2ccccc2)cc1=O. The van der Waals surface area contributed by atoms with Crippen molar-refractivity contribution in [3.8, 4) is 11.3 Å². The van der Waals surface area contributed by atoms with Gasteiger partial charge in [-0.1, -0.05) is 74.5 Å². The number of hydrogen-bond acceptors (Lipinski definition) is 4. The van der Waals surface area contributed by atoms with Crippen molar-refractivity contribution in [1.82, 2.24) is 24.7 Å². The van der Waals surface area contributed by atoms with Gasteiger partial charge in [0.2, 0.25) is 0 Å². The Hall–Kier alpha value is -3.45. The summed E-state index contributed by atoms with van der Waals surface area (Å²) in [7, 11) is 0. The van der Waals surface area contributed by atoms with Crippen LogP contribution in [0.4, 0.5) is 4.79 Å². The van der Waals surface area contributed by atoms with Crippen LogP contribution >= 0.6 is 0 Å². The average molecular weight is 486 g/mol. The van der Waals surface area contributed by atoms with E-state index in [4.69, 9.17) is 0 Å². The number of urea groups is 1. The van der Waals surface area contributed by atoms with E-state index in [-0.39, 0.29) is 29.0 Å². The summed E-state index contributed by atoms with van der Waals surface area (Å²) in [5, 5.41) is 3.44. The fourth-order valence-electron chi connectivity index (χ4n) is 5.56. The van der Waals surface area contributed by atoms with Gasteiger partial charge in [0, 0.05) is 50.9 Å². The monoisotopic (exact) mass is 485 g/mol. The first kappa shape index (κ1) is 24.3. The van der Waals surface area contributed by atoms with Crippen LogP contribution in [0.25, 0.3) is 11.3 Å². The standard InChI is InChI=1S/C29H35N5O2/c1-29(2)20-32(28(36)34-16-14-30-18-26(34)23-11-7-4-8-12-23)15-13-24(29)19-33-21-31-25(17-27(33)35)22-9-5-3-6-10-22/h3-12,17,21,24,26,30H,13-16,18-20H2,1-2H3/t24?,26-/m0/s1. The van der Waals surface area contributed by atoms with Gasteiger partial charge in [-0.25, -0.2) is 9.78 Å². The molecule has 0 bridgehead atoms. The molecule has 7 nitrogen and oxygen atoms in total. The van der Waals surface area contributed by atoms with Gasteiger partial charge in [0.05, 0.1) is 18.1 Å². The van der Waals surface area contributed by atoms with Gasteiger partial charge >= 0.3 is 6.03 Å². The Labute approximate surface area is 212 Å². The molecule has 36 heavy (non-hydrogen) atoms. The molecule has 2 atom stereocenters. The third-order valence-electron chi connectivity index (χ3n) is 7.76. The molecule has 2 aliphatic heterocycles. The van der Waals surface area contributed by atoms with E-state index < -0.39 is 0 Å². The summed E-state index contributed by atoms with van der Waals surface area (Å²) in [6, 6.07) is 21.8. The Morgan fingerprint density at radius 2 is 1.78 bits per heavy atom. The Kier molecular flexibility index (Phi) is 6.92. The Morgan fingerprint density at radius 3 is 2.47 bits per heavy atom. The zero-order valence-electron chi connectivity index (χ0n) is 21.1. The van der Waals surface area contributed by atoms with E-state index in [0.717, 1.165) is 30.6 Å². The zero-order valence-corrected chi connectivity index (χ0v) is 21.1. The largest absolute Gasteiger partial charge is 0.324 e. The lowest BCUT2D eigenvalue weighted by atomic mass is 9.74. The summed E-state index contributed by atoms with van der Waals surface area (Å²) in [4.78, 5) is 35.2. The molecular weight excluding hydrogens is 450 g/mol. The molecule has 2 fully saturated rings. The van der Waals surface area contributed by atoms with Crippen molar-refractivity contribution in [2.75, 3.05) is 32.7 Å². The second-order valence-corrected chi connectivity index (χ2v) is 10.6. The Morgan fingerprint density at radius 1 is 1.06 bits per heavy atom. The fraction of sp³-hybridized carbons (Fsp3) is 0.414. The topological polar surface area (TPSA) is 70.5 Å². The van der Waals surface area contributed by atoms with Gasteiger partial charge in [-0.3, -0.25) is 9.36 Å². The predicted octanol–water partition coefficient (Wildman–Crippen LogP) is 4.02. The predicted molar refractivity (Wildman–Crippen MR) is 142 cm³/mol. The maximum Gasteiger partial charge on any atom is 0.320 e. The lowest BCUT2D eigenvalue weighted by Crippen LogP contribution is -2.57. The molecule has 188 valence electrons. The number of piperidine rings is 1. The minimum absolute atomic E-state index is 0.0373. The molecule has 3 aromatic rings. The second kappa shape index (κ2) is 10.3. The van der Waals surface area contributed by atoms with Crippen LogP contribution in [-0.2, 0) is 6.54 Å². The summed E-state index contributed by atoms with van der Waals surface area (Å²) in [6.45, 7) is 8.67. The highest BCUT2D eigenvalue weighted by molar-refractivity contribution is 5.75. The summed E-state index contributed by atoms with van der Waals surface area (Å²) in [5.41, 5.74) is 2.64. The van der Waals surface area contributed by atoms with Crippen molar-refractivity contribution in [3.05, 3.63) is 89.0 Å². The highest BCUT2D eigenvalue weighted by Crippen LogP contribution is 2.37. The number of likely N-dealkylation sites (tertiary alicyclic amines) is 1. The molecule has 2 aromatic carbocycles. The highest BCUT2D eigenvalue weighted by atomic mass is 16.2. The molecule has 7 heteroatoms. The molecule has 1 N–H and O–H groups in total. The van der Waals surface area contributed by atoms with E-state index in [1.807, 2.05) is 58.3 Å². The lowest BCUT2D eigenvalue weighted by molar-refractivity contribution is 0.0420. The summed E-state index contributed by atoms with van der Waals surface area (Å²) in [5.74, 6) is 0.275. The summed E-state index contributed by atoms with van der Waals surface area (Å²) >= 11 is 0. The number of piperazine rings is 1. The molecule has 1 unspecified atom stereocenters. The molecular formula is C29H35N5O2. The van der Waals surface area contributed by atoms with Gasteiger partial charge in [-0.2, -0.15) is 0 Å². The number of carbonyl (C=O) groups excluding carboxylic acids is 1. The fourth-order valence-corrected chi connectivity index (χ4v) is 5.56. The van der Waals surface area contributed by atoms with Crippen molar-refractivity contribution in [3.63, 3.8) is 0 Å². The van der Waals surface area contributed by atoms with Crippen molar-refractivity contribution in [2.45, 2.75) is 32.9 Å². The van der Waals surface area contributed by atoms with E-state index in [0.29, 0.717) is 31.9 Å². The quantitative estimate of drug-likeness (QED) is 0.606. The zero-order chi connectivity index (χ0) is 25.1. The number of nitrogens with zero attached hydrogens (tertiary/aromatic N) is 4. The Balaban J connectivity index is 1.27. The van der Waals surface area contributed by atoms with E-state index in [9.17, 15) is 9.59 Å². The lowest BCUT2D eigenvalue weighted by Gasteiger charge is -2.47. The van der Waals surface area contributed by atoms with E-state index in [1.165, 1.54) is 0 Å². The molecule has 2 saturated heterocycles. The first-order valence-electron chi connectivity index (χ1n) is 12.9. The molecule has 0 radical (unpaired) electrons. The maximum absolute atomic E-state index is 13.7. The first-order chi connectivity index (χ1) is 17.4. The number of aromatic nitrogens is 2. The van der Waals surface area contributed by atoms with Crippen molar-refractivity contribution < 1.29 is 4.79 Å². The van der Waals surface area contributed by atoms with Crippen LogP contribution in [0.15, 0.2) is 77.9 Å². The minimum atomic E-state index is -0.123. The molecule has 0 saturated carbocycles. The third kappa shape index (κ3) is 5.07. The first-order valence-corrected chi connectivity index (χ1v) is 12.9. The van der Waals surface area contributed by atoms with Crippen LogP contribution in [0, 0.1) is 11.3 Å². The summed E-state index contributed by atoms with van der Waals surface area (Å²) in [6.07, 6.45) is 2.52. The molecule has 3 heterocycles. The van der Waals surface area contributed by atoms with Crippen LogP contribution in [0.2, 0.25) is 0 Å². The van der Waals surface area contributed by atoms with Gasteiger partial charge in [0.25, 0.3) is 5.56 Å². The minimum Gasteiger partial charge on any atom is -0.324 e. The van der Waals surface area contributed by atoms with Crippen LogP contribution in [-0.4, -0.2) is 58.1 Å². The number of carbonyl (C=O) groups is 1. The van der Waals surface area contributed by atoms with Gasteiger partial charge in [-0.15, -0.1) is 0 Å². The van der Waals surface area contributed by atoms with E-state index in [1.54, 1.807) is 17.0 Å². The van der Waals surface area contributed by atoms with Crippen molar-refractivity contribution in [2.24, 2.45) is 11.3 Å². The molecule has 2 aliphatic rings. The molecule has 0 aliphatic carbocycles. The van der Waals surface area contributed by atoms with Crippen LogP contribution in [0.1, 0.15) is 31.9 Å². The smallest absolute Gasteiger partial charge is 0.320 e. The van der Waals surface area contributed by atoms with Crippen molar-refractivity contribution >= 4 is 6.03 Å². The number of nitrogens with one attached hydrogen (secondary N) is 1. The second-order valence-electron chi connectivity index (χ2n) is 10.6. The maximum atomic E-state index is 13.7. The van der Waals surface area contributed by atoms with Gasteiger partial charge in [0.1, 0.15) is 0 Å². The van der Waals surface area contributed by atoms with Crippen LogP contribution in [0.3, 0.4) is 0 Å². The Bertz CT molecular complexity index is 1240. The summed E-state index contributed by atoms with van der Waals surface area (Å²) < 4.78 is 1.72. The number of hydrogen-bond donors (Lipinski definition) is 1. The molecule has 1 aromatic heterocycles. The van der Waals surface area contributed by atoms with E-state index >= 15 is 0 Å². The highest BCUT2D eigenvalue weighted by Gasteiger charge is 2.40. The van der Waals surface area contributed by atoms with Gasteiger partial charge < -0.3 is 15.1 Å². The normalized spacial score (nSPS) is 21.8.